The van der Waals surface area contributed by atoms with Gasteiger partial charge in [0.15, 0.2) is 0 Å². The highest BCUT2D eigenvalue weighted by Crippen LogP contribution is 2.06. The monoisotopic (exact) mass is 239 g/mol. The van der Waals surface area contributed by atoms with Gasteiger partial charge in [-0.25, -0.2) is 0 Å². The fraction of sp³-hybridized carbons (Fsp3) is 0.500. The highest BCUT2D eigenvalue weighted by Gasteiger charge is 2.13. The molecule has 0 aliphatic carbocycles. The highest BCUT2D eigenvalue weighted by atomic mass is 16.5. The van der Waals surface area contributed by atoms with Crippen LogP contribution in [0.4, 0.5) is 0 Å². The number of furan rings is 1. The van der Waals surface area contributed by atoms with Crippen LogP contribution in [0.3, 0.4) is 0 Å². The first kappa shape index (κ1) is 13.3. The van der Waals surface area contributed by atoms with Crippen molar-refractivity contribution in [2.24, 2.45) is 0 Å². The first-order valence-electron chi connectivity index (χ1n) is 5.57. The van der Waals surface area contributed by atoms with Crippen LogP contribution in [0.15, 0.2) is 22.8 Å². The minimum absolute atomic E-state index is 0.0919. The Kier molecular flexibility index (Phi) is 5.26. The zero-order chi connectivity index (χ0) is 12.7. The van der Waals surface area contributed by atoms with Crippen molar-refractivity contribution in [2.45, 2.75) is 26.8 Å². The molecule has 0 N–H and O–H groups in total. The summed E-state index contributed by atoms with van der Waals surface area (Å²) in [5.41, 5.74) is 0. The maximum Gasteiger partial charge on any atom is 0.307 e. The molecule has 0 spiro atoms. The Balaban J connectivity index is 2.44. The van der Waals surface area contributed by atoms with Gasteiger partial charge >= 0.3 is 5.97 Å². The molecule has 1 amide bonds. The van der Waals surface area contributed by atoms with Crippen LogP contribution in [0.5, 0.6) is 0 Å². The molecule has 94 valence electrons. The molecule has 5 nitrogen and oxygen atoms in total. The number of carbonyl (C=O) groups is 2. The molecular formula is C12H17NO4. The van der Waals surface area contributed by atoms with Gasteiger partial charge in [0, 0.05) is 13.5 Å². The summed E-state index contributed by atoms with van der Waals surface area (Å²) in [4.78, 5) is 24.1. The van der Waals surface area contributed by atoms with Crippen molar-refractivity contribution in [3.63, 3.8) is 0 Å². The Morgan fingerprint density at radius 3 is 2.76 bits per heavy atom. The van der Waals surface area contributed by atoms with Crippen molar-refractivity contribution in [1.29, 1.82) is 0 Å². The normalized spacial score (nSPS) is 10.0. The van der Waals surface area contributed by atoms with Gasteiger partial charge in [-0.1, -0.05) is 0 Å². The number of ether oxygens (including phenoxy) is 1. The summed E-state index contributed by atoms with van der Waals surface area (Å²) in [5, 5.41) is 0. The Morgan fingerprint density at radius 2 is 2.24 bits per heavy atom. The second-order valence-corrected chi connectivity index (χ2v) is 3.57. The molecule has 0 aliphatic rings. The lowest BCUT2D eigenvalue weighted by atomic mass is 10.3. The second kappa shape index (κ2) is 6.73. The third-order valence-electron chi connectivity index (χ3n) is 2.26. The lowest BCUT2D eigenvalue weighted by Crippen LogP contribution is -2.30. The number of amides is 1. The minimum atomic E-state index is -0.293. The molecule has 0 aromatic carbocycles. The SMILES string of the molecule is CCOC(=O)CCN(Cc1ccco1)C(C)=O. The third kappa shape index (κ3) is 4.72. The van der Waals surface area contributed by atoms with E-state index in [-0.39, 0.29) is 18.3 Å². The van der Waals surface area contributed by atoms with E-state index in [1.54, 1.807) is 30.2 Å². The Hall–Kier alpha value is -1.78. The van der Waals surface area contributed by atoms with Gasteiger partial charge in [-0.15, -0.1) is 0 Å². The maximum absolute atomic E-state index is 11.4. The average Bonchev–Trinajstić information content (AvgIpc) is 2.76. The summed E-state index contributed by atoms with van der Waals surface area (Å²) in [7, 11) is 0. The molecule has 17 heavy (non-hydrogen) atoms. The molecule has 1 rings (SSSR count). The lowest BCUT2D eigenvalue weighted by molar-refractivity contribution is -0.144. The van der Waals surface area contributed by atoms with Crippen LogP contribution < -0.4 is 0 Å². The van der Waals surface area contributed by atoms with E-state index in [4.69, 9.17) is 9.15 Å². The summed E-state index contributed by atoms with van der Waals surface area (Å²) in [6, 6.07) is 3.55. The van der Waals surface area contributed by atoms with Crippen LogP contribution in [0.1, 0.15) is 26.0 Å². The summed E-state index contributed by atoms with van der Waals surface area (Å²) >= 11 is 0. The highest BCUT2D eigenvalue weighted by molar-refractivity contribution is 5.74. The quantitative estimate of drug-likeness (QED) is 0.707. The van der Waals surface area contributed by atoms with E-state index in [0.717, 1.165) is 0 Å². The van der Waals surface area contributed by atoms with E-state index in [0.29, 0.717) is 25.5 Å². The number of esters is 1. The van der Waals surface area contributed by atoms with Crippen LogP contribution in [-0.4, -0.2) is 29.9 Å². The Labute approximate surface area is 100 Å². The van der Waals surface area contributed by atoms with E-state index in [1.165, 1.54) is 6.92 Å². The van der Waals surface area contributed by atoms with Gasteiger partial charge in [0.2, 0.25) is 5.91 Å². The Morgan fingerprint density at radius 1 is 1.47 bits per heavy atom. The third-order valence-corrected chi connectivity index (χ3v) is 2.26. The number of carbonyl (C=O) groups excluding carboxylic acids is 2. The molecule has 1 aromatic rings. The first-order valence-corrected chi connectivity index (χ1v) is 5.57. The van der Waals surface area contributed by atoms with E-state index < -0.39 is 0 Å². The van der Waals surface area contributed by atoms with E-state index in [9.17, 15) is 9.59 Å². The Bertz CT molecular complexity index is 359. The molecule has 1 heterocycles. The van der Waals surface area contributed by atoms with Gasteiger partial charge in [0.25, 0.3) is 0 Å². The molecule has 0 saturated heterocycles. The molecule has 0 unspecified atom stereocenters. The number of rotatable bonds is 6. The van der Waals surface area contributed by atoms with Crippen molar-refractivity contribution in [3.8, 4) is 0 Å². The molecular weight excluding hydrogens is 222 g/mol. The van der Waals surface area contributed by atoms with Crippen LogP contribution >= 0.6 is 0 Å². The van der Waals surface area contributed by atoms with Gasteiger partial charge in [0.05, 0.1) is 25.8 Å². The average molecular weight is 239 g/mol. The van der Waals surface area contributed by atoms with Crippen molar-refractivity contribution in [3.05, 3.63) is 24.2 Å². The summed E-state index contributed by atoms with van der Waals surface area (Å²) in [5.74, 6) is 0.313. The van der Waals surface area contributed by atoms with Gasteiger partial charge in [-0.05, 0) is 19.1 Å². The van der Waals surface area contributed by atoms with Crippen molar-refractivity contribution in [1.82, 2.24) is 4.90 Å². The minimum Gasteiger partial charge on any atom is -0.467 e. The first-order chi connectivity index (χ1) is 8.13. The van der Waals surface area contributed by atoms with Gasteiger partial charge < -0.3 is 14.1 Å². The fourth-order valence-electron chi connectivity index (χ4n) is 1.40. The predicted octanol–water partition coefficient (Wildman–Crippen LogP) is 1.58. The van der Waals surface area contributed by atoms with Crippen molar-refractivity contribution < 1.29 is 18.7 Å². The van der Waals surface area contributed by atoms with E-state index in [2.05, 4.69) is 0 Å². The fourth-order valence-corrected chi connectivity index (χ4v) is 1.40. The number of nitrogens with zero attached hydrogens (tertiary/aromatic N) is 1. The predicted molar refractivity (Wildman–Crippen MR) is 61.0 cm³/mol. The largest absolute Gasteiger partial charge is 0.467 e. The second-order valence-electron chi connectivity index (χ2n) is 3.57. The number of hydrogen-bond donors (Lipinski definition) is 0. The summed E-state index contributed by atoms with van der Waals surface area (Å²) < 4.78 is 9.97. The van der Waals surface area contributed by atoms with Crippen LogP contribution in [-0.2, 0) is 20.9 Å². The lowest BCUT2D eigenvalue weighted by Gasteiger charge is -2.19. The zero-order valence-corrected chi connectivity index (χ0v) is 10.1. The molecule has 0 saturated carbocycles. The van der Waals surface area contributed by atoms with Gasteiger partial charge in [0.1, 0.15) is 5.76 Å². The molecule has 5 heteroatoms. The number of hydrogen-bond acceptors (Lipinski definition) is 4. The molecule has 0 fully saturated rings. The van der Waals surface area contributed by atoms with Crippen molar-refractivity contribution >= 4 is 11.9 Å². The topological polar surface area (TPSA) is 59.8 Å². The molecule has 0 bridgehead atoms. The van der Waals surface area contributed by atoms with Crippen LogP contribution in [0, 0.1) is 0 Å². The van der Waals surface area contributed by atoms with Crippen molar-refractivity contribution in [2.75, 3.05) is 13.2 Å². The summed E-state index contributed by atoms with van der Waals surface area (Å²) in [6.07, 6.45) is 1.76. The van der Waals surface area contributed by atoms with Gasteiger partial charge in [-0.3, -0.25) is 9.59 Å². The standard InChI is InChI=1S/C12H17NO4/c1-3-16-12(15)6-7-13(10(2)14)9-11-5-4-8-17-11/h4-5,8H,3,6-7,9H2,1-2H3. The maximum atomic E-state index is 11.4. The van der Waals surface area contributed by atoms with Gasteiger partial charge in [-0.2, -0.15) is 0 Å². The molecule has 0 aliphatic heterocycles. The molecule has 0 atom stereocenters. The van der Waals surface area contributed by atoms with Crippen LogP contribution in [0.2, 0.25) is 0 Å². The van der Waals surface area contributed by atoms with E-state index in [1.807, 2.05) is 0 Å². The zero-order valence-electron chi connectivity index (χ0n) is 10.1. The molecule has 0 radical (unpaired) electrons. The summed E-state index contributed by atoms with van der Waals surface area (Å²) in [6.45, 7) is 4.30. The smallest absolute Gasteiger partial charge is 0.307 e. The molecule has 1 aromatic heterocycles. The van der Waals surface area contributed by atoms with E-state index >= 15 is 0 Å². The van der Waals surface area contributed by atoms with Crippen LogP contribution in [0.25, 0.3) is 0 Å².